The van der Waals surface area contributed by atoms with Crippen LogP contribution in [0, 0.1) is 10.1 Å². The lowest BCUT2D eigenvalue weighted by Gasteiger charge is -2.10. The number of carbonyl (C=O) groups is 3. The van der Waals surface area contributed by atoms with Crippen molar-refractivity contribution in [1.82, 2.24) is 9.88 Å². The molecule has 1 aromatic heterocycles. The van der Waals surface area contributed by atoms with Gasteiger partial charge in [-0.3, -0.25) is 25.0 Å². The van der Waals surface area contributed by atoms with Gasteiger partial charge in [0, 0.05) is 19.3 Å². The number of ether oxygens (including phenoxy) is 3. The monoisotopic (exact) mass is 391 g/mol. The molecular formula is C17H17N3O8. The first kappa shape index (κ1) is 20.4. The summed E-state index contributed by atoms with van der Waals surface area (Å²) in [4.78, 5) is 46.4. The Bertz CT molecular complexity index is 934. The van der Waals surface area contributed by atoms with Crippen LogP contribution in [0.2, 0.25) is 0 Å². The van der Waals surface area contributed by atoms with Crippen LogP contribution in [0.5, 0.6) is 11.5 Å². The van der Waals surface area contributed by atoms with Crippen LogP contribution in [0.25, 0.3) is 0 Å². The van der Waals surface area contributed by atoms with Gasteiger partial charge >= 0.3 is 5.97 Å². The lowest BCUT2D eigenvalue weighted by molar-refractivity contribution is -0.385. The maximum Gasteiger partial charge on any atom is 0.345 e. The number of nitrogens with one attached hydrogen (secondary N) is 1. The highest BCUT2D eigenvalue weighted by atomic mass is 16.6. The first-order chi connectivity index (χ1) is 13.3. The fraction of sp³-hybridized carbons (Fsp3) is 0.235. The summed E-state index contributed by atoms with van der Waals surface area (Å²) in [6.45, 7) is -0.805. The molecule has 0 aliphatic carbocycles. The van der Waals surface area contributed by atoms with Gasteiger partial charge in [-0.25, -0.2) is 4.79 Å². The molecule has 0 atom stereocenters. The zero-order chi connectivity index (χ0) is 20.8. The Balaban J connectivity index is 2.10. The van der Waals surface area contributed by atoms with E-state index in [9.17, 15) is 24.5 Å². The van der Waals surface area contributed by atoms with E-state index in [0.29, 0.717) is 0 Å². The maximum absolute atomic E-state index is 12.2. The number of rotatable bonds is 7. The van der Waals surface area contributed by atoms with Gasteiger partial charge in [-0.2, -0.15) is 0 Å². The summed E-state index contributed by atoms with van der Waals surface area (Å²) < 4.78 is 16.3. The van der Waals surface area contributed by atoms with E-state index in [0.717, 1.165) is 12.1 Å². The van der Waals surface area contributed by atoms with Crippen LogP contribution in [0.15, 0.2) is 30.5 Å². The molecule has 28 heavy (non-hydrogen) atoms. The zero-order valence-corrected chi connectivity index (χ0v) is 15.3. The molecule has 0 unspecified atom stereocenters. The van der Waals surface area contributed by atoms with Gasteiger partial charge in [0.25, 0.3) is 17.5 Å². The highest BCUT2D eigenvalue weighted by molar-refractivity contribution is 6.05. The first-order valence-electron chi connectivity index (χ1n) is 7.81. The predicted molar refractivity (Wildman–Crippen MR) is 94.4 cm³/mol. The molecule has 2 amide bonds. The number of aryl methyl sites for hydroxylation is 1. The number of imide groups is 1. The zero-order valence-electron chi connectivity index (χ0n) is 15.3. The van der Waals surface area contributed by atoms with E-state index in [2.05, 4.69) is 5.32 Å². The fourth-order valence-corrected chi connectivity index (χ4v) is 2.32. The molecule has 0 bridgehead atoms. The number of methoxy groups -OCH3 is 2. The van der Waals surface area contributed by atoms with Crippen LogP contribution < -0.4 is 14.8 Å². The average Bonchev–Trinajstić information content (AvgIpc) is 3.10. The van der Waals surface area contributed by atoms with Gasteiger partial charge in [-0.05, 0) is 12.1 Å². The second-order valence-corrected chi connectivity index (χ2v) is 5.44. The molecule has 0 radical (unpaired) electrons. The van der Waals surface area contributed by atoms with Gasteiger partial charge < -0.3 is 18.8 Å². The molecule has 1 heterocycles. The lowest BCUT2D eigenvalue weighted by atomic mass is 10.1. The van der Waals surface area contributed by atoms with E-state index in [1.165, 1.54) is 24.9 Å². The van der Waals surface area contributed by atoms with E-state index < -0.39 is 40.6 Å². The Hall–Kier alpha value is -3.89. The normalized spacial score (nSPS) is 10.1. The Morgan fingerprint density at radius 1 is 1.18 bits per heavy atom. The number of aromatic nitrogens is 1. The number of amides is 2. The van der Waals surface area contributed by atoms with Crippen molar-refractivity contribution in [3.05, 3.63) is 51.8 Å². The minimum absolute atomic E-state index is 0.0525. The van der Waals surface area contributed by atoms with Crippen molar-refractivity contribution in [3.8, 4) is 11.5 Å². The number of carbonyl (C=O) groups excluding carboxylic acids is 3. The van der Waals surface area contributed by atoms with E-state index in [4.69, 9.17) is 14.2 Å². The standard InChI is InChI=1S/C17H17N3O8/c1-19-6-4-5-11(19)16(22)18-15(21)9-28-17(23)10-7-13(26-2)14(27-3)8-12(10)20(24)25/h4-8H,9H2,1-3H3,(H,18,21,22). The third-order valence-corrected chi connectivity index (χ3v) is 3.68. The molecule has 0 fully saturated rings. The molecule has 0 saturated heterocycles. The number of hydrogen-bond acceptors (Lipinski definition) is 8. The summed E-state index contributed by atoms with van der Waals surface area (Å²) in [6.07, 6.45) is 1.62. The smallest absolute Gasteiger partial charge is 0.345 e. The Morgan fingerprint density at radius 2 is 1.82 bits per heavy atom. The van der Waals surface area contributed by atoms with Crippen LogP contribution in [0.4, 0.5) is 5.69 Å². The summed E-state index contributed by atoms with van der Waals surface area (Å²) in [7, 11) is 4.20. The van der Waals surface area contributed by atoms with Crippen molar-refractivity contribution in [2.75, 3.05) is 20.8 Å². The molecule has 2 aromatic rings. The molecular weight excluding hydrogens is 374 g/mol. The van der Waals surface area contributed by atoms with E-state index >= 15 is 0 Å². The first-order valence-corrected chi connectivity index (χ1v) is 7.81. The van der Waals surface area contributed by atoms with E-state index in [-0.39, 0.29) is 17.2 Å². The van der Waals surface area contributed by atoms with Crippen LogP contribution in [0.3, 0.4) is 0 Å². The Kier molecular flexibility index (Phi) is 6.32. The van der Waals surface area contributed by atoms with E-state index in [1.54, 1.807) is 19.3 Å². The number of hydrogen-bond donors (Lipinski definition) is 1. The molecule has 1 aromatic carbocycles. The molecule has 148 valence electrons. The molecule has 0 spiro atoms. The number of benzene rings is 1. The van der Waals surface area contributed by atoms with Crippen molar-refractivity contribution < 1.29 is 33.5 Å². The lowest BCUT2D eigenvalue weighted by Crippen LogP contribution is -2.35. The molecule has 11 heteroatoms. The van der Waals surface area contributed by atoms with Gasteiger partial charge in [0.05, 0.1) is 25.2 Å². The van der Waals surface area contributed by atoms with Gasteiger partial charge in [0.15, 0.2) is 18.1 Å². The van der Waals surface area contributed by atoms with Gasteiger partial charge in [-0.1, -0.05) is 0 Å². The molecule has 0 aliphatic heterocycles. The average molecular weight is 391 g/mol. The molecule has 0 saturated carbocycles. The molecule has 1 N–H and O–H groups in total. The summed E-state index contributed by atoms with van der Waals surface area (Å²) in [5, 5.41) is 13.3. The van der Waals surface area contributed by atoms with Crippen LogP contribution >= 0.6 is 0 Å². The Labute approximate surface area is 158 Å². The minimum atomic E-state index is -1.13. The highest BCUT2D eigenvalue weighted by Crippen LogP contribution is 2.34. The summed E-state index contributed by atoms with van der Waals surface area (Å²) in [5.41, 5.74) is -0.776. The summed E-state index contributed by atoms with van der Waals surface area (Å²) in [5.74, 6) is -2.57. The third-order valence-electron chi connectivity index (χ3n) is 3.68. The second kappa shape index (κ2) is 8.66. The van der Waals surface area contributed by atoms with Crippen molar-refractivity contribution in [2.24, 2.45) is 7.05 Å². The Morgan fingerprint density at radius 3 is 2.36 bits per heavy atom. The van der Waals surface area contributed by atoms with Crippen LogP contribution in [0.1, 0.15) is 20.8 Å². The largest absolute Gasteiger partial charge is 0.493 e. The SMILES string of the molecule is COc1cc(C(=O)OCC(=O)NC(=O)c2cccn2C)c([N+](=O)[O-])cc1OC. The predicted octanol–water partition coefficient (Wildman–Crippen LogP) is 1.06. The van der Waals surface area contributed by atoms with Crippen LogP contribution in [-0.2, 0) is 16.6 Å². The van der Waals surface area contributed by atoms with Crippen molar-refractivity contribution in [2.45, 2.75) is 0 Å². The number of nitro groups is 1. The summed E-state index contributed by atoms with van der Waals surface area (Å²) >= 11 is 0. The molecule has 0 aliphatic rings. The maximum atomic E-state index is 12.2. The van der Waals surface area contributed by atoms with Crippen molar-refractivity contribution in [1.29, 1.82) is 0 Å². The second-order valence-electron chi connectivity index (χ2n) is 5.44. The number of esters is 1. The summed E-state index contributed by atoms with van der Waals surface area (Å²) in [6, 6.07) is 5.21. The van der Waals surface area contributed by atoms with Crippen molar-refractivity contribution >= 4 is 23.5 Å². The van der Waals surface area contributed by atoms with Crippen LogP contribution in [-0.4, -0.2) is 48.1 Å². The molecule has 11 nitrogen and oxygen atoms in total. The minimum Gasteiger partial charge on any atom is -0.493 e. The fourth-order valence-electron chi connectivity index (χ4n) is 2.32. The quantitative estimate of drug-likeness (QED) is 0.420. The number of nitro benzene ring substituents is 1. The third kappa shape index (κ3) is 4.44. The topological polar surface area (TPSA) is 139 Å². The van der Waals surface area contributed by atoms with Gasteiger partial charge in [0.1, 0.15) is 11.3 Å². The van der Waals surface area contributed by atoms with Crippen molar-refractivity contribution in [3.63, 3.8) is 0 Å². The molecule has 2 rings (SSSR count). The van der Waals surface area contributed by atoms with Gasteiger partial charge in [-0.15, -0.1) is 0 Å². The highest BCUT2D eigenvalue weighted by Gasteiger charge is 2.26. The number of nitrogens with zero attached hydrogens (tertiary/aromatic N) is 2. The van der Waals surface area contributed by atoms with Gasteiger partial charge in [0.2, 0.25) is 0 Å². The van der Waals surface area contributed by atoms with E-state index in [1.807, 2.05) is 0 Å².